The van der Waals surface area contributed by atoms with Gasteiger partial charge in [-0.2, -0.15) is 44.8 Å². The molecular formula is C7H9MgO3S+. The summed E-state index contributed by atoms with van der Waals surface area (Å²) in [6, 6.07) is 12.5. The van der Waals surface area contributed by atoms with Crippen LogP contribution < -0.4 is 0 Å². The molecule has 0 saturated carbocycles. The Labute approximate surface area is 88.7 Å². The molecular weight excluding hydrogens is 188 g/mol. The van der Waals surface area contributed by atoms with Gasteiger partial charge in [0, 0.05) is 0 Å². The summed E-state index contributed by atoms with van der Waals surface area (Å²) < 4.78 is 25.9. The molecule has 62 valence electrons. The van der Waals surface area contributed by atoms with Gasteiger partial charge in [-0.25, -0.2) is 0 Å². The van der Waals surface area contributed by atoms with Crippen molar-refractivity contribution >= 4 is 33.2 Å². The zero-order chi connectivity index (χ0) is 8.74. The Balaban J connectivity index is 0. The van der Waals surface area contributed by atoms with Crippen LogP contribution in [-0.4, -0.2) is 42.3 Å². The Hall–Kier alpha value is -0.104. The summed E-state index contributed by atoms with van der Waals surface area (Å²) in [5, 5.41) is 0. The molecule has 0 amide bonds. The Bertz CT molecular complexity index is 235. The summed E-state index contributed by atoms with van der Waals surface area (Å²) in [5.41, 5.74) is 0. The number of hydrogen-bond acceptors (Lipinski definition) is 2. The molecule has 0 radical (unpaired) electrons. The maximum atomic E-state index is 9.19. The third-order valence-corrected chi connectivity index (χ3v) is 0.607. The molecule has 0 spiro atoms. The predicted molar refractivity (Wildman–Crippen MR) is 48.5 cm³/mol. The van der Waals surface area contributed by atoms with Gasteiger partial charge in [0.05, 0.1) is 6.26 Å². The molecule has 5 heteroatoms. The first-order valence-electron chi connectivity index (χ1n) is 2.83. The van der Waals surface area contributed by atoms with E-state index in [2.05, 4.69) is 6.07 Å². The van der Waals surface area contributed by atoms with Crippen molar-refractivity contribution in [1.82, 2.24) is 0 Å². The summed E-state index contributed by atoms with van der Waals surface area (Å²) in [6.45, 7) is 0. The SMILES string of the molecule is CS(=O)(=O)O.[Mg+2].[c-]1ccccc1. The Morgan fingerprint density at radius 3 is 1.58 bits per heavy atom. The van der Waals surface area contributed by atoms with E-state index in [4.69, 9.17) is 4.55 Å². The largest absolute Gasteiger partial charge is 2.00 e. The maximum Gasteiger partial charge on any atom is 2.00 e. The molecule has 1 rings (SSSR count). The van der Waals surface area contributed by atoms with Crippen LogP contribution in [0.25, 0.3) is 0 Å². The van der Waals surface area contributed by atoms with Crippen LogP contribution in [0.5, 0.6) is 0 Å². The minimum atomic E-state index is -3.67. The third kappa shape index (κ3) is 22.5. The second-order valence-corrected chi connectivity index (χ2v) is 3.28. The van der Waals surface area contributed by atoms with Gasteiger partial charge in [0.15, 0.2) is 0 Å². The van der Waals surface area contributed by atoms with Crippen LogP contribution in [0.3, 0.4) is 0 Å². The predicted octanol–water partition coefficient (Wildman–Crippen LogP) is 0.610. The molecule has 0 bridgehead atoms. The molecule has 0 aromatic heterocycles. The van der Waals surface area contributed by atoms with Gasteiger partial charge < -0.3 is 0 Å². The number of benzene rings is 1. The summed E-state index contributed by atoms with van der Waals surface area (Å²) in [5.74, 6) is 0. The summed E-state index contributed by atoms with van der Waals surface area (Å²) in [7, 11) is -3.67. The summed E-state index contributed by atoms with van der Waals surface area (Å²) in [6.07, 6.45) is 0.715. The standard InChI is InChI=1S/C6H5.CH4O3S.Mg/c1-2-4-6-5-3-1;1-5(2,3)4;/h1-5H;1H3,(H,2,3,4);/q-1;;+2. The van der Waals surface area contributed by atoms with E-state index in [1.807, 2.05) is 30.3 Å². The van der Waals surface area contributed by atoms with Gasteiger partial charge in [-0.3, -0.25) is 4.55 Å². The van der Waals surface area contributed by atoms with Crippen molar-refractivity contribution in [2.24, 2.45) is 0 Å². The first kappa shape index (κ1) is 14.4. The van der Waals surface area contributed by atoms with Gasteiger partial charge in [0.2, 0.25) is 0 Å². The van der Waals surface area contributed by atoms with Crippen molar-refractivity contribution in [3.63, 3.8) is 0 Å². The molecule has 1 aromatic rings. The monoisotopic (exact) mass is 197 g/mol. The van der Waals surface area contributed by atoms with Crippen molar-refractivity contribution < 1.29 is 13.0 Å². The summed E-state index contributed by atoms with van der Waals surface area (Å²) >= 11 is 0. The first-order chi connectivity index (χ1) is 5.00. The maximum absolute atomic E-state index is 9.19. The number of rotatable bonds is 0. The van der Waals surface area contributed by atoms with Crippen molar-refractivity contribution in [3.05, 3.63) is 36.4 Å². The van der Waals surface area contributed by atoms with Crippen LogP contribution in [0, 0.1) is 6.07 Å². The molecule has 1 aromatic carbocycles. The summed E-state index contributed by atoms with van der Waals surface area (Å²) in [4.78, 5) is 0. The molecule has 0 atom stereocenters. The fourth-order valence-corrected chi connectivity index (χ4v) is 0.342. The zero-order valence-electron chi connectivity index (χ0n) is 6.77. The molecule has 0 fully saturated rings. The minimum absolute atomic E-state index is 0. The molecule has 0 unspecified atom stereocenters. The normalized spacial score (nSPS) is 8.83. The van der Waals surface area contributed by atoms with E-state index in [0.29, 0.717) is 6.26 Å². The van der Waals surface area contributed by atoms with Gasteiger partial charge >= 0.3 is 23.1 Å². The van der Waals surface area contributed by atoms with Crippen LogP contribution in [-0.2, 0) is 10.1 Å². The van der Waals surface area contributed by atoms with Crippen molar-refractivity contribution in [3.8, 4) is 0 Å². The van der Waals surface area contributed by atoms with E-state index in [9.17, 15) is 8.42 Å². The number of hydrogen-bond donors (Lipinski definition) is 1. The fraction of sp³-hybridized carbons (Fsp3) is 0.143. The van der Waals surface area contributed by atoms with Crippen LogP contribution in [0.4, 0.5) is 0 Å². The van der Waals surface area contributed by atoms with Gasteiger partial charge in [-0.15, -0.1) is 0 Å². The third-order valence-electron chi connectivity index (χ3n) is 0.607. The van der Waals surface area contributed by atoms with E-state index in [0.717, 1.165) is 0 Å². The van der Waals surface area contributed by atoms with Crippen LogP contribution in [0.2, 0.25) is 0 Å². The second-order valence-electron chi connectivity index (χ2n) is 1.81. The zero-order valence-corrected chi connectivity index (χ0v) is 9.00. The first-order valence-corrected chi connectivity index (χ1v) is 4.68. The molecule has 0 heterocycles. The molecule has 0 aliphatic carbocycles. The molecule has 3 nitrogen and oxygen atoms in total. The molecule has 12 heavy (non-hydrogen) atoms. The van der Waals surface area contributed by atoms with Crippen molar-refractivity contribution in [1.29, 1.82) is 0 Å². The Morgan fingerprint density at radius 2 is 1.50 bits per heavy atom. The second kappa shape index (κ2) is 7.54. The quantitative estimate of drug-likeness (QED) is 0.377. The van der Waals surface area contributed by atoms with Gasteiger partial charge in [-0.1, -0.05) is 0 Å². The van der Waals surface area contributed by atoms with E-state index in [-0.39, 0.29) is 23.1 Å². The average molecular weight is 198 g/mol. The minimum Gasteiger partial charge on any atom is -0.286 e. The molecule has 0 aliphatic heterocycles. The van der Waals surface area contributed by atoms with Crippen LogP contribution in [0.15, 0.2) is 30.3 Å². The van der Waals surface area contributed by atoms with E-state index in [1.54, 1.807) is 0 Å². The van der Waals surface area contributed by atoms with E-state index < -0.39 is 10.1 Å². The topological polar surface area (TPSA) is 54.4 Å². The average Bonchev–Trinajstić information content (AvgIpc) is 1.88. The van der Waals surface area contributed by atoms with Gasteiger partial charge in [0.25, 0.3) is 10.1 Å². The van der Waals surface area contributed by atoms with E-state index >= 15 is 0 Å². The van der Waals surface area contributed by atoms with E-state index in [1.165, 1.54) is 0 Å². The van der Waals surface area contributed by atoms with Gasteiger partial charge in [0.1, 0.15) is 0 Å². The van der Waals surface area contributed by atoms with Crippen LogP contribution >= 0.6 is 0 Å². The molecule has 0 aliphatic rings. The Morgan fingerprint density at radius 1 is 1.17 bits per heavy atom. The molecule has 1 N–H and O–H groups in total. The van der Waals surface area contributed by atoms with Gasteiger partial charge in [-0.05, 0) is 0 Å². The van der Waals surface area contributed by atoms with Crippen molar-refractivity contribution in [2.45, 2.75) is 0 Å². The fourth-order valence-electron chi connectivity index (χ4n) is 0.342. The smallest absolute Gasteiger partial charge is 0.286 e. The van der Waals surface area contributed by atoms with Crippen LogP contribution in [0.1, 0.15) is 0 Å². The van der Waals surface area contributed by atoms with Crippen molar-refractivity contribution in [2.75, 3.05) is 6.26 Å². The Kier molecular flexibility index (Phi) is 9.06. The molecule has 0 saturated heterocycles.